The summed E-state index contributed by atoms with van der Waals surface area (Å²) in [6.45, 7) is 0. The molecule has 0 amide bonds. The van der Waals surface area contributed by atoms with E-state index >= 15 is 0 Å². The standard InChI is InChI=1S/BHO4S/c2-6(3)4-1-5-6/h1H. The lowest BCUT2D eigenvalue weighted by Gasteiger charge is -2.09. The molecule has 6 heavy (non-hydrogen) atoms. The van der Waals surface area contributed by atoms with Crippen LogP contribution in [0.4, 0.5) is 0 Å². The predicted octanol–water partition coefficient (Wildman–Crippen LogP) is -1.46. The molecule has 1 heterocycles. The first-order valence-corrected chi connectivity index (χ1v) is 2.58. The first-order chi connectivity index (χ1) is 2.71. The van der Waals surface area contributed by atoms with E-state index in [4.69, 9.17) is 0 Å². The molecule has 0 unspecified atom stereocenters. The molecule has 0 aliphatic carbocycles. The van der Waals surface area contributed by atoms with Gasteiger partial charge >= 0.3 is 18.1 Å². The minimum atomic E-state index is -3.48. The Hall–Kier alpha value is -0.0651. The summed E-state index contributed by atoms with van der Waals surface area (Å²) in [5, 5.41) is 0. The van der Waals surface area contributed by atoms with Crippen LogP contribution in [0.5, 0.6) is 0 Å². The summed E-state index contributed by atoms with van der Waals surface area (Å²) in [6, 6.07) is 0. The SMILES string of the molecule is O=S1(=O)OBO1. The van der Waals surface area contributed by atoms with Crippen LogP contribution in [0.1, 0.15) is 0 Å². The van der Waals surface area contributed by atoms with Crippen LogP contribution in [0.3, 0.4) is 0 Å². The summed E-state index contributed by atoms with van der Waals surface area (Å²) < 4.78 is 27.0. The molecule has 0 aromatic carbocycles. The third-order valence-corrected chi connectivity index (χ3v) is 1.15. The minimum absolute atomic E-state index is 0.123. The second kappa shape index (κ2) is 0.957. The second-order valence-electron chi connectivity index (χ2n) is 0.762. The average molecular weight is 108 g/mol. The number of hydrogen-bond donors (Lipinski definition) is 0. The highest BCUT2D eigenvalue weighted by Gasteiger charge is 2.24. The van der Waals surface area contributed by atoms with Crippen LogP contribution in [0, 0.1) is 0 Å². The van der Waals surface area contributed by atoms with Crippen molar-refractivity contribution in [3.63, 3.8) is 0 Å². The number of rotatable bonds is 0. The molecule has 1 saturated heterocycles. The van der Waals surface area contributed by atoms with Crippen molar-refractivity contribution in [2.75, 3.05) is 0 Å². The highest BCUT2D eigenvalue weighted by molar-refractivity contribution is 7.85. The van der Waals surface area contributed by atoms with Crippen LogP contribution < -0.4 is 0 Å². The molecule has 0 aromatic rings. The fraction of sp³-hybridized carbons (Fsp3) is 0. The summed E-state index contributed by atoms with van der Waals surface area (Å²) >= 11 is 0. The van der Waals surface area contributed by atoms with Gasteiger partial charge in [-0.3, -0.25) is 8.20 Å². The summed E-state index contributed by atoms with van der Waals surface area (Å²) in [5.41, 5.74) is 0. The van der Waals surface area contributed by atoms with Crippen molar-refractivity contribution in [1.29, 1.82) is 0 Å². The number of hydrogen-bond acceptors (Lipinski definition) is 4. The quantitative estimate of drug-likeness (QED) is 0.356. The topological polar surface area (TPSA) is 52.6 Å². The molecule has 1 aliphatic heterocycles. The van der Waals surface area contributed by atoms with Crippen LogP contribution in [-0.4, -0.2) is 16.1 Å². The third kappa shape index (κ3) is 0.538. The van der Waals surface area contributed by atoms with Gasteiger partial charge in [-0.25, -0.2) is 0 Å². The normalized spacial score (nSPS) is 27.3. The highest BCUT2D eigenvalue weighted by Crippen LogP contribution is 2.02. The Morgan fingerprint density at radius 2 is 1.67 bits per heavy atom. The van der Waals surface area contributed by atoms with Crippen LogP contribution in [-0.2, 0) is 18.6 Å². The van der Waals surface area contributed by atoms with E-state index in [2.05, 4.69) is 8.20 Å². The van der Waals surface area contributed by atoms with Gasteiger partial charge in [0.05, 0.1) is 0 Å². The summed E-state index contributed by atoms with van der Waals surface area (Å²) in [4.78, 5) is 0. The molecule has 34 valence electrons. The fourth-order valence-corrected chi connectivity index (χ4v) is 0.380. The Labute approximate surface area is 35.7 Å². The summed E-state index contributed by atoms with van der Waals surface area (Å²) in [7, 11) is -3.60. The van der Waals surface area contributed by atoms with Gasteiger partial charge in [0.2, 0.25) is 0 Å². The van der Waals surface area contributed by atoms with E-state index in [1.165, 1.54) is 0 Å². The van der Waals surface area contributed by atoms with Crippen LogP contribution in [0.15, 0.2) is 0 Å². The molecular formula is HBO4S. The third-order valence-electron chi connectivity index (χ3n) is 0.385. The van der Waals surface area contributed by atoms with E-state index in [0.717, 1.165) is 0 Å². The van der Waals surface area contributed by atoms with E-state index in [-0.39, 0.29) is 7.69 Å². The van der Waals surface area contributed by atoms with E-state index in [0.29, 0.717) is 0 Å². The van der Waals surface area contributed by atoms with Crippen molar-refractivity contribution < 1.29 is 16.6 Å². The fourth-order valence-electron chi connectivity index (χ4n) is 0.127. The highest BCUT2D eigenvalue weighted by atomic mass is 32.3. The Kier molecular flexibility index (Phi) is 0.655. The molecular weight excluding hydrogens is 107 g/mol. The molecule has 0 atom stereocenters. The van der Waals surface area contributed by atoms with Crippen molar-refractivity contribution in [3.05, 3.63) is 0 Å². The molecule has 0 N–H and O–H groups in total. The first kappa shape index (κ1) is 4.10. The Morgan fingerprint density at radius 3 is 1.67 bits per heavy atom. The molecule has 0 bridgehead atoms. The molecule has 0 radical (unpaired) electrons. The largest absolute Gasteiger partial charge is 0.477 e. The van der Waals surface area contributed by atoms with E-state index in [1.54, 1.807) is 0 Å². The van der Waals surface area contributed by atoms with Crippen molar-refractivity contribution in [3.8, 4) is 0 Å². The van der Waals surface area contributed by atoms with Crippen LogP contribution in [0.2, 0.25) is 0 Å². The Morgan fingerprint density at radius 1 is 1.33 bits per heavy atom. The molecule has 0 spiro atoms. The van der Waals surface area contributed by atoms with Gasteiger partial charge in [-0.15, -0.1) is 0 Å². The maximum Gasteiger partial charge on any atom is 0.477 e. The van der Waals surface area contributed by atoms with E-state index in [1.807, 2.05) is 0 Å². The van der Waals surface area contributed by atoms with Gasteiger partial charge in [0.25, 0.3) is 0 Å². The monoisotopic (exact) mass is 108 g/mol. The van der Waals surface area contributed by atoms with Gasteiger partial charge < -0.3 is 0 Å². The van der Waals surface area contributed by atoms with Gasteiger partial charge in [0, 0.05) is 0 Å². The predicted molar refractivity (Wildman–Crippen MR) is 18.2 cm³/mol. The van der Waals surface area contributed by atoms with Gasteiger partial charge in [-0.1, -0.05) is 0 Å². The second-order valence-corrected chi connectivity index (χ2v) is 2.05. The minimum Gasteiger partial charge on any atom is -0.281 e. The molecule has 6 heteroatoms. The van der Waals surface area contributed by atoms with E-state index in [9.17, 15) is 8.42 Å². The van der Waals surface area contributed by atoms with Crippen LogP contribution in [0.25, 0.3) is 0 Å². The average Bonchev–Trinajstić information content (AvgIpc) is 1.32. The molecule has 0 aromatic heterocycles. The Bertz CT molecular complexity index is 122. The maximum atomic E-state index is 9.64. The van der Waals surface area contributed by atoms with E-state index < -0.39 is 10.4 Å². The van der Waals surface area contributed by atoms with Crippen molar-refractivity contribution in [2.24, 2.45) is 0 Å². The molecule has 0 saturated carbocycles. The van der Waals surface area contributed by atoms with Crippen molar-refractivity contribution in [1.82, 2.24) is 0 Å². The van der Waals surface area contributed by atoms with Gasteiger partial charge in [-0.05, 0) is 0 Å². The molecule has 1 aliphatic rings. The van der Waals surface area contributed by atoms with Gasteiger partial charge in [-0.2, -0.15) is 8.42 Å². The smallest absolute Gasteiger partial charge is 0.281 e. The lowest BCUT2D eigenvalue weighted by Crippen LogP contribution is -2.27. The Balaban J connectivity index is 2.78. The molecule has 1 rings (SSSR count). The zero-order valence-corrected chi connectivity index (χ0v) is 3.56. The first-order valence-electron chi connectivity index (χ1n) is 1.24. The van der Waals surface area contributed by atoms with Crippen molar-refractivity contribution >= 4 is 18.1 Å². The summed E-state index contributed by atoms with van der Waals surface area (Å²) in [5.74, 6) is 0. The zero-order valence-electron chi connectivity index (χ0n) is 2.75. The van der Waals surface area contributed by atoms with Gasteiger partial charge in [0.1, 0.15) is 0 Å². The van der Waals surface area contributed by atoms with Crippen molar-refractivity contribution in [2.45, 2.75) is 0 Å². The lowest BCUT2D eigenvalue weighted by molar-refractivity contribution is 0.313. The van der Waals surface area contributed by atoms with Gasteiger partial charge in [0.15, 0.2) is 0 Å². The summed E-state index contributed by atoms with van der Waals surface area (Å²) in [6.07, 6.45) is 0. The molecule has 1 fully saturated rings. The molecule has 4 nitrogen and oxygen atoms in total. The van der Waals surface area contributed by atoms with Crippen LogP contribution >= 0.6 is 0 Å². The lowest BCUT2D eigenvalue weighted by atomic mass is 10.4. The maximum absolute atomic E-state index is 9.64. The zero-order chi connectivity index (χ0) is 4.62.